The fourth-order valence-corrected chi connectivity index (χ4v) is 2.40. The lowest BCUT2D eigenvalue weighted by molar-refractivity contribution is -0.385. The number of para-hydroxylation sites is 2. The lowest BCUT2D eigenvalue weighted by Crippen LogP contribution is -2.02. The molecule has 148 valence electrons. The second-order valence-corrected chi connectivity index (χ2v) is 6.01. The molecule has 0 saturated carbocycles. The van der Waals surface area contributed by atoms with Crippen molar-refractivity contribution in [2.24, 2.45) is 9.98 Å². The number of benzene rings is 2. The fraction of sp³-hybridized carbons (Fsp3) is 0.143. The normalized spacial score (nSPS) is 13.0. The van der Waals surface area contributed by atoms with Gasteiger partial charge in [0.1, 0.15) is 0 Å². The Morgan fingerprint density at radius 3 is 1.86 bits per heavy atom. The van der Waals surface area contributed by atoms with Gasteiger partial charge in [0.05, 0.1) is 33.6 Å². The molecule has 0 fully saturated rings. The molecular formula is C21H20N4O4. The van der Waals surface area contributed by atoms with E-state index in [-0.39, 0.29) is 17.4 Å². The van der Waals surface area contributed by atoms with Crippen LogP contribution in [0.3, 0.4) is 0 Å². The molecule has 0 spiro atoms. The number of hydrogen-bond acceptors (Lipinski definition) is 6. The van der Waals surface area contributed by atoms with Gasteiger partial charge in [-0.25, -0.2) is 0 Å². The summed E-state index contributed by atoms with van der Waals surface area (Å²) >= 11 is 0. The van der Waals surface area contributed by atoms with Crippen LogP contribution in [0.5, 0.6) is 0 Å². The van der Waals surface area contributed by atoms with Crippen molar-refractivity contribution >= 4 is 36.0 Å². The number of rotatable bonds is 9. The molecule has 29 heavy (non-hydrogen) atoms. The first-order chi connectivity index (χ1) is 14.0. The van der Waals surface area contributed by atoms with E-state index in [9.17, 15) is 20.2 Å². The van der Waals surface area contributed by atoms with Crippen molar-refractivity contribution in [3.05, 3.63) is 92.0 Å². The Hall–Kier alpha value is -3.94. The van der Waals surface area contributed by atoms with Gasteiger partial charge in [0, 0.05) is 24.6 Å². The molecule has 0 aliphatic rings. The fourth-order valence-electron chi connectivity index (χ4n) is 2.40. The molecule has 0 saturated heterocycles. The zero-order valence-electron chi connectivity index (χ0n) is 15.8. The Bertz CT molecular complexity index is 980. The minimum atomic E-state index is -0.425. The van der Waals surface area contributed by atoms with Crippen LogP contribution in [0.1, 0.15) is 18.1 Å². The molecule has 2 aromatic rings. The second kappa shape index (κ2) is 11.0. The predicted molar refractivity (Wildman–Crippen MR) is 116 cm³/mol. The highest BCUT2D eigenvalue weighted by molar-refractivity contribution is 5.81. The van der Waals surface area contributed by atoms with Crippen LogP contribution in [0.15, 0.2) is 70.7 Å². The van der Waals surface area contributed by atoms with E-state index < -0.39 is 9.85 Å². The molecule has 2 aromatic carbocycles. The molecule has 8 heteroatoms. The Balaban J connectivity index is 1.86. The van der Waals surface area contributed by atoms with Gasteiger partial charge >= 0.3 is 0 Å². The zero-order chi connectivity index (χ0) is 21.1. The molecule has 0 aliphatic carbocycles. The van der Waals surface area contributed by atoms with Crippen molar-refractivity contribution in [1.29, 1.82) is 0 Å². The summed E-state index contributed by atoms with van der Waals surface area (Å²) in [6.45, 7) is 2.33. The third-order valence-corrected chi connectivity index (χ3v) is 3.81. The van der Waals surface area contributed by atoms with Crippen molar-refractivity contribution in [1.82, 2.24) is 0 Å². The van der Waals surface area contributed by atoms with Crippen LogP contribution in [0, 0.1) is 20.2 Å². The highest BCUT2D eigenvalue weighted by atomic mass is 16.6. The maximum atomic E-state index is 11.0. The van der Waals surface area contributed by atoms with Crippen molar-refractivity contribution in [2.75, 3.05) is 6.54 Å². The number of nitrogens with zero attached hydrogens (tertiary/aromatic N) is 4. The Morgan fingerprint density at radius 1 is 0.862 bits per heavy atom. The average molecular weight is 392 g/mol. The van der Waals surface area contributed by atoms with Gasteiger partial charge in [-0.3, -0.25) is 30.2 Å². The summed E-state index contributed by atoms with van der Waals surface area (Å²) in [5.41, 5.74) is 1.10. The lowest BCUT2D eigenvalue weighted by atomic mass is 10.1. The standard InChI is InChI=1S/C21H20N4O4/c1-17(23-15-7-11-19-9-3-5-13-21(19)25(28)29)16-22-14-6-10-18-8-2-4-12-20(18)24(26)27/h2-15,17H,16H2,1H3/b10-6+,11-7+,22-14?,23-15?/t17-/m1/s1. The molecule has 0 N–H and O–H groups in total. The van der Waals surface area contributed by atoms with E-state index in [2.05, 4.69) is 9.98 Å². The molecule has 0 aliphatic heterocycles. The van der Waals surface area contributed by atoms with Gasteiger partial charge in [-0.1, -0.05) is 24.3 Å². The van der Waals surface area contributed by atoms with Gasteiger partial charge < -0.3 is 0 Å². The van der Waals surface area contributed by atoms with Gasteiger partial charge in [0.2, 0.25) is 0 Å². The van der Waals surface area contributed by atoms with Crippen LogP contribution in [0.2, 0.25) is 0 Å². The van der Waals surface area contributed by atoms with Crippen LogP contribution in [-0.2, 0) is 0 Å². The molecule has 1 atom stereocenters. The maximum Gasteiger partial charge on any atom is 0.276 e. The number of nitro benzene ring substituents is 2. The van der Waals surface area contributed by atoms with E-state index >= 15 is 0 Å². The largest absolute Gasteiger partial charge is 0.291 e. The number of hydrogen-bond donors (Lipinski definition) is 0. The summed E-state index contributed by atoms with van der Waals surface area (Å²) in [5, 5.41) is 21.9. The smallest absolute Gasteiger partial charge is 0.276 e. The van der Waals surface area contributed by atoms with Crippen LogP contribution >= 0.6 is 0 Å². The predicted octanol–water partition coefficient (Wildman–Crippen LogP) is 4.76. The third-order valence-electron chi connectivity index (χ3n) is 3.81. The minimum absolute atomic E-state index is 0.0419. The van der Waals surface area contributed by atoms with Gasteiger partial charge in [-0.05, 0) is 43.4 Å². The first kappa shape index (κ1) is 21.4. The molecule has 0 radical (unpaired) electrons. The van der Waals surface area contributed by atoms with E-state index in [0.717, 1.165) is 0 Å². The van der Waals surface area contributed by atoms with E-state index in [1.165, 1.54) is 12.1 Å². The van der Waals surface area contributed by atoms with E-state index in [1.54, 1.807) is 73.1 Å². The van der Waals surface area contributed by atoms with Gasteiger partial charge in [-0.15, -0.1) is 0 Å². The second-order valence-electron chi connectivity index (χ2n) is 6.01. The van der Waals surface area contributed by atoms with Crippen molar-refractivity contribution < 1.29 is 9.85 Å². The number of nitro groups is 2. The molecule has 0 aromatic heterocycles. The highest BCUT2D eigenvalue weighted by Gasteiger charge is 2.09. The molecule has 0 amide bonds. The maximum absolute atomic E-state index is 11.0. The summed E-state index contributed by atoms with van der Waals surface area (Å²) in [7, 11) is 0. The quantitative estimate of drug-likeness (QED) is 0.348. The minimum Gasteiger partial charge on any atom is -0.291 e. The highest BCUT2D eigenvalue weighted by Crippen LogP contribution is 2.19. The van der Waals surface area contributed by atoms with Crippen LogP contribution in [-0.4, -0.2) is 34.9 Å². The first-order valence-electron chi connectivity index (χ1n) is 8.82. The summed E-state index contributed by atoms with van der Waals surface area (Å²) < 4.78 is 0. The number of aliphatic imine (C=N–C) groups is 2. The van der Waals surface area contributed by atoms with Crippen LogP contribution < -0.4 is 0 Å². The molecule has 0 heterocycles. The van der Waals surface area contributed by atoms with Crippen molar-refractivity contribution in [3.63, 3.8) is 0 Å². The Morgan fingerprint density at radius 2 is 1.34 bits per heavy atom. The molecule has 8 nitrogen and oxygen atoms in total. The SMILES string of the molecule is C[C@H](CN=C/C=C/c1ccccc1[N+](=O)[O-])N=C/C=C/c1ccccc1[N+](=O)[O-]. The lowest BCUT2D eigenvalue weighted by Gasteiger charge is -1.99. The van der Waals surface area contributed by atoms with Crippen LogP contribution in [0.25, 0.3) is 12.2 Å². The summed E-state index contributed by atoms with van der Waals surface area (Å²) in [6, 6.07) is 12.9. The van der Waals surface area contributed by atoms with Crippen molar-refractivity contribution in [3.8, 4) is 0 Å². The van der Waals surface area contributed by atoms with Gasteiger partial charge in [0.15, 0.2) is 0 Å². The molecule has 0 bridgehead atoms. The summed E-state index contributed by atoms with van der Waals surface area (Å²) in [4.78, 5) is 29.6. The Labute approximate surface area is 167 Å². The van der Waals surface area contributed by atoms with E-state index in [1.807, 2.05) is 6.92 Å². The van der Waals surface area contributed by atoms with Crippen molar-refractivity contribution in [2.45, 2.75) is 13.0 Å². The molecule has 2 rings (SSSR count). The van der Waals surface area contributed by atoms with E-state index in [0.29, 0.717) is 17.7 Å². The van der Waals surface area contributed by atoms with Gasteiger partial charge in [0.25, 0.3) is 11.4 Å². The Kier molecular flexibility index (Phi) is 8.12. The average Bonchev–Trinajstić information content (AvgIpc) is 2.71. The summed E-state index contributed by atoms with van der Waals surface area (Å²) in [6.07, 6.45) is 9.72. The summed E-state index contributed by atoms with van der Waals surface area (Å²) in [5.74, 6) is 0. The third kappa shape index (κ3) is 6.94. The first-order valence-corrected chi connectivity index (χ1v) is 8.82. The topological polar surface area (TPSA) is 111 Å². The molecular weight excluding hydrogens is 372 g/mol. The van der Waals surface area contributed by atoms with Gasteiger partial charge in [-0.2, -0.15) is 0 Å². The number of allylic oxidation sites excluding steroid dienone is 2. The van der Waals surface area contributed by atoms with Crippen LogP contribution in [0.4, 0.5) is 11.4 Å². The van der Waals surface area contributed by atoms with E-state index in [4.69, 9.17) is 0 Å². The molecule has 0 unspecified atom stereocenters. The monoisotopic (exact) mass is 392 g/mol. The zero-order valence-corrected chi connectivity index (χ0v) is 15.8.